The minimum atomic E-state index is -3.81. The van der Waals surface area contributed by atoms with E-state index in [1.165, 1.54) is 23.0 Å². The molecule has 31 heavy (non-hydrogen) atoms. The number of nitrogens with one attached hydrogen (secondary N) is 2. The zero-order valence-corrected chi connectivity index (χ0v) is 17.6. The number of fused-ring (bicyclic) bond motifs is 3. The van der Waals surface area contributed by atoms with Crippen LogP contribution in [0.2, 0.25) is 0 Å². The highest BCUT2D eigenvalue weighted by Gasteiger charge is 2.12. The van der Waals surface area contributed by atoms with Gasteiger partial charge in [0.15, 0.2) is 0 Å². The van der Waals surface area contributed by atoms with Gasteiger partial charge in [-0.15, -0.1) is 0 Å². The maximum absolute atomic E-state index is 12.8. The van der Waals surface area contributed by atoms with Gasteiger partial charge >= 0.3 is 0 Å². The average Bonchev–Trinajstić information content (AvgIpc) is 3.10. The standard InChI is InChI=1S/C21H21N5O4S/c1-13-5-6-17-16(9-13)19-20(25-17)21(28)26(12-24-19)8-7-18(27)23-11-14-3-2-4-15(10-14)31(22,29)30/h2-6,9-10,12,25H,7-8,11H2,1H3,(H,23,27)(H2,22,29,30). The molecule has 0 saturated carbocycles. The lowest BCUT2D eigenvalue weighted by Crippen LogP contribution is -2.27. The van der Waals surface area contributed by atoms with Crippen molar-refractivity contribution in [3.05, 3.63) is 70.3 Å². The van der Waals surface area contributed by atoms with Gasteiger partial charge in [0.05, 0.1) is 11.2 Å². The topological polar surface area (TPSA) is 140 Å². The summed E-state index contributed by atoms with van der Waals surface area (Å²) < 4.78 is 24.3. The van der Waals surface area contributed by atoms with Gasteiger partial charge in [-0.1, -0.05) is 23.8 Å². The average molecular weight is 439 g/mol. The van der Waals surface area contributed by atoms with Crippen molar-refractivity contribution in [1.29, 1.82) is 0 Å². The summed E-state index contributed by atoms with van der Waals surface area (Å²) in [5, 5.41) is 8.73. The lowest BCUT2D eigenvalue weighted by Gasteiger charge is -2.08. The van der Waals surface area contributed by atoms with Crippen LogP contribution in [0, 0.1) is 6.92 Å². The van der Waals surface area contributed by atoms with Crippen LogP contribution >= 0.6 is 0 Å². The molecule has 0 atom stereocenters. The number of aromatic amines is 1. The monoisotopic (exact) mass is 439 g/mol. The Morgan fingerprint density at radius 1 is 1.23 bits per heavy atom. The molecular formula is C21H21N5O4S. The summed E-state index contributed by atoms with van der Waals surface area (Å²) in [6.45, 7) is 2.29. The van der Waals surface area contributed by atoms with Crippen molar-refractivity contribution >= 4 is 37.9 Å². The zero-order chi connectivity index (χ0) is 22.2. The number of sulfonamides is 1. The van der Waals surface area contributed by atoms with E-state index in [1.54, 1.807) is 12.1 Å². The van der Waals surface area contributed by atoms with Gasteiger partial charge < -0.3 is 10.3 Å². The van der Waals surface area contributed by atoms with Crippen LogP contribution in [0.1, 0.15) is 17.5 Å². The molecule has 2 aromatic carbocycles. The summed E-state index contributed by atoms with van der Waals surface area (Å²) in [6.07, 6.45) is 1.52. The number of aromatic nitrogens is 3. The Morgan fingerprint density at radius 2 is 2.03 bits per heavy atom. The van der Waals surface area contributed by atoms with Gasteiger partial charge in [0.25, 0.3) is 5.56 Å². The quantitative estimate of drug-likeness (QED) is 0.418. The van der Waals surface area contributed by atoms with Gasteiger partial charge in [0.1, 0.15) is 11.0 Å². The van der Waals surface area contributed by atoms with E-state index >= 15 is 0 Å². The van der Waals surface area contributed by atoms with Crippen LogP contribution in [0.3, 0.4) is 0 Å². The second-order valence-electron chi connectivity index (χ2n) is 7.36. The van der Waals surface area contributed by atoms with E-state index in [9.17, 15) is 18.0 Å². The van der Waals surface area contributed by atoms with Gasteiger partial charge in [-0.25, -0.2) is 18.5 Å². The Hall–Kier alpha value is -3.50. The van der Waals surface area contributed by atoms with E-state index in [0.717, 1.165) is 16.5 Å². The van der Waals surface area contributed by atoms with Gasteiger partial charge in [0, 0.05) is 30.4 Å². The molecule has 0 aliphatic carbocycles. The second kappa shape index (κ2) is 7.97. The third-order valence-electron chi connectivity index (χ3n) is 5.02. The number of primary sulfonamides is 1. The number of amides is 1. The summed E-state index contributed by atoms with van der Waals surface area (Å²) in [4.78, 5) is 32.5. The smallest absolute Gasteiger partial charge is 0.277 e. The highest BCUT2D eigenvalue weighted by atomic mass is 32.2. The third-order valence-corrected chi connectivity index (χ3v) is 5.94. The Labute approximate surface area is 178 Å². The molecule has 9 nitrogen and oxygen atoms in total. The summed E-state index contributed by atoms with van der Waals surface area (Å²) >= 11 is 0. The molecule has 0 radical (unpaired) electrons. The molecule has 2 aromatic heterocycles. The van der Waals surface area contributed by atoms with Crippen molar-refractivity contribution in [2.45, 2.75) is 31.3 Å². The highest BCUT2D eigenvalue weighted by molar-refractivity contribution is 7.89. The number of hydrogen-bond donors (Lipinski definition) is 3. The van der Waals surface area contributed by atoms with Crippen molar-refractivity contribution in [2.24, 2.45) is 5.14 Å². The third kappa shape index (κ3) is 4.35. The molecular weight excluding hydrogens is 418 g/mol. The number of aryl methyl sites for hydroxylation is 2. The van der Waals surface area contributed by atoms with Gasteiger partial charge in [-0.05, 0) is 36.8 Å². The molecule has 0 saturated heterocycles. The molecule has 0 fully saturated rings. The Kier molecular flexibility index (Phi) is 5.34. The van der Waals surface area contributed by atoms with E-state index in [0.29, 0.717) is 16.6 Å². The fourth-order valence-electron chi connectivity index (χ4n) is 3.41. The summed E-state index contributed by atoms with van der Waals surface area (Å²) in [7, 11) is -3.81. The van der Waals surface area contributed by atoms with E-state index < -0.39 is 10.0 Å². The lowest BCUT2D eigenvalue weighted by molar-refractivity contribution is -0.121. The fourth-order valence-corrected chi connectivity index (χ4v) is 3.99. The molecule has 0 spiro atoms. The molecule has 10 heteroatoms. The zero-order valence-electron chi connectivity index (χ0n) is 16.8. The van der Waals surface area contributed by atoms with E-state index in [4.69, 9.17) is 5.14 Å². The number of nitrogens with two attached hydrogens (primary N) is 1. The van der Waals surface area contributed by atoms with Crippen LogP contribution in [0.25, 0.3) is 21.9 Å². The second-order valence-corrected chi connectivity index (χ2v) is 8.92. The van der Waals surface area contributed by atoms with Gasteiger partial charge in [0.2, 0.25) is 15.9 Å². The highest BCUT2D eigenvalue weighted by Crippen LogP contribution is 2.22. The number of hydrogen-bond acceptors (Lipinski definition) is 5. The normalized spacial score (nSPS) is 11.8. The minimum Gasteiger partial charge on any atom is -0.352 e. The molecule has 0 aliphatic rings. The first-order chi connectivity index (χ1) is 14.7. The molecule has 4 N–H and O–H groups in total. The Balaban J connectivity index is 1.44. The predicted octanol–water partition coefficient (Wildman–Crippen LogP) is 1.54. The summed E-state index contributed by atoms with van der Waals surface area (Å²) in [5.74, 6) is -0.278. The van der Waals surface area contributed by atoms with Crippen LogP contribution in [-0.2, 0) is 27.9 Å². The molecule has 1 amide bonds. The van der Waals surface area contributed by atoms with Crippen LogP contribution in [0.15, 0.2) is 58.5 Å². The van der Waals surface area contributed by atoms with E-state index in [2.05, 4.69) is 15.3 Å². The largest absolute Gasteiger partial charge is 0.352 e. The van der Waals surface area contributed by atoms with Gasteiger partial charge in [-0.2, -0.15) is 0 Å². The number of benzene rings is 2. The lowest BCUT2D eigenvalue weighted by atomic mass is 10.2. The maximum atomic E-state index is 12.8. The van der Waals surface area contributed by atoms with Crippen molar-refractivity contribution in [1.82, 2.24) is 19.9 Å². The number of carbonyl (C=O) groups is 1. The fraction of sp³-hybridized carbons (Fsp3) is 0.190. The molecule has 0 unspecified atom stereocenters. The first-order valence-corrected chi connectivity index (χ1v) is 11.1. The van der Waals surface area contributed by atoms with E-state index in [1.807, 2.05) is 25.1 Å². The molecule has 0 aliphatic heterocycles. The predicted molar refractivity (Wildman–Crippen MR) is 117 cm³/mol. The van der Waals surface area contributed by atoms with Crippen LogP contribution < -0.4 is 16.0 Å². The van der Waals surface area contributed by atoms with Crippen molar-refractivity contribution in [3.63, 3.8) is 0 Å². The number of rotatable bonds is 6. The molecule has 4 rings (SSSR count). The van der Waals surface area contributed by atoms with Gasteiger partial charge in [-0.3, -0.25) is 14.2 Å². The summed E-state index contributed by atoms with van der Waals surface area (Å²) in [5.41, 5.74) is 3.29. The SMILES string of the molecule is Cc1ccc2[nH]c3c(=O)n(CCC(=O)NCc4cccc(S(N)(=O)=O)c4)cnc3c2c1. The van der Waals surface area contributed by atoms with Crippen molar-refractivity contribution in [3.8, 4) is 0 Å². The maximum Gasteiger partial charge on any atom is 0.277 e. The molecule has 2 heterocycles. The number of nitrogens with zero attached hydrogens (tertiary/aromatic N) is 2. The van der Waals surface area contributed by atoms with E-state index in [-0.39, 0.29) is 35.9 Å². The molecule has 4 aromatic rings. The van der Waals surface area contributed by atoms with Crippen LogP contribution in [0.5, 0.6) is 0 Å². The Bertz CT molecular complexity index is 1470. The number of H-pyrrole nitrogens is 1. The first-order valence-electron chi connectivity index (χ1n) is 9.58. The number of carbonyl (C=O) groups excluding carboxylic acids is 1. The minimum absolute atomic E-state index is 0.0151. The van der Waals surface area contributed by atoms with Crippen molar-refractivity contribution in [2.75, 3.05) is 0 Å². The van der Waals surface area contributed by atoms with Crippen LogP contribution in [-0.4, -0.2) is 28.9 Å². The molecule has 0 bridgehead atoms. The molecule has 160 valence electrons. The summed E-state index contributed by atoms with van der Waals surface area (Å²) in [6, 6.07) is 11.9. The van der Waals surface area contributed by atoms with Crippen LogP contribution in [0.4, 0.5) is 0 Å². The van der Waals surface area contributed by atoms with Crippen molar-refractivity contribution < 1.29 is 13.2 Å². The first kappa shape index (κ1) is 20.8. The Morgan fingerprint density at radius 3 is 2.81 bits per heavy atom.